The molecule has 4 aromatic rings. The van der Waals surface area contributed by atoms with Gasteiger partial charge in [0.15, 0.2) is 0 Å². The van der Waals surface area contributed by atoms with E-state index < -0.39 is 11.6 Å². The van der Waals surface area contributed by atoms with Crippen LogP contribution in [0.25, 0.3) is 11.0 Å². The number of aromatic nitrogens is 4. The summed E-state index contributed by atoms with van der Waals surface area (Å²) in [6.45, 7) is 5.81. The lowest BCUT2D eigenvalue weighted by molar-refractivity contribution is -0.143. The van der Waals surface area contributed by atoms with Gasteiger partial charge in [0.2, 0.25) is 11.8 Å². The van der Waals surface area contributed by atoms with Gasteiger partial charge < -0.3 is 10.2 Å². The van der Waals surface area contributed by atoms with Gasteiger partial charge in [0.1, 0.15) is 23.9 Å². The maximum atomic E-state index is 13.8. The lowest BCUT2D eigenvalue weighted by atomic mass is 9.99. The monoisotopic (exact) mass is 488 g/mol. The highest BCUT2D eigenvalue weighted by Crippen LogP contribution is 2.26. The molecule has 0 saturated carbocycles. The number of pyridine rings is 1. The molecule has 0 spiro atoms. The van der Waals surface area contributed by atoms with Gasteiger partial charge in [-0.25, -0.2) is 9.07 Å². The van der Waals surface area contributed by atoms with Crippen molar-refractivity contribution in [3.05, 3.63) is 90.0 Å². The standard InChI is InChI=1S/C27H29FN6O2/c1-4-27(2,3)30-26(36)25(20-8-7-15-29-16-20)33(17-19-11-13-21(28)14-12-19)24(35)18-34-23-10-6-5-9-22(23)31-32-34/h5-16,25H,4,17-18H2,1-3H3,(H,30,36). The highest BCUT2D eigenvalue weighted by Gasteiger charge is 2.34. The molecule has 9 heteroatoms. The van der Waals surface area contributed by atoms with Gasteiger partial charge in [-0.15, -0.1) is 5.10 Å². The summed E-state index contributed by atoms with van der Waals surface area (Å²) < 4.78 is 15.1. The van der Waals surface area contributed by atoms with Crippen LogP contribution in [-0.2, 0) is 22.7 Å². The second-order valence-electron chi connectivity index (χ2n) is 9.30. The Kier molecular flexibility index (Phi) is 7.38. The smallest absolute Gasteiger partial charge is 0.247 e. The van der Waals surface area contributed by atoms with E-state index in [-0.39, 0.29) is 30.7 Å². The largest absolute Gasteiger partial charge is 0.349 e. The predicted octanol–water partition coefficient (Wildman–Crippen LogP) is 4.04. The molecule has 1 N–H and O–H groups in total. The Morgan fingerprint density at radius 1 is 1.08 bits per heavy atom. The van der Waals surface area contributed by atoms with Crippen molar-refractivity contribution in [1.29, 1.82) is 0 Å². The lowest BCUT2D eigenvalue weighted by Crippen LogP contribution is -2.50. The molecule has 1 unspecified atom stereocenters. The highest BCUT2D eigenvalue weighted by atomic mass is 19.1. The topological polar surface area (TPSA) is 93.0 Å². The van der Waals surface area contributed by atoms with E-state index in [0.717, 1.165) is 0 Å². The van der Waals surface area contributed by atoms with E-state index in [2.05, 4.69) is 20.6 Å². The second kappa shape index (κ2) is 10.6. The van der Waals surface area contributed by atoms with Gasteiger partial charge in [-0.05, 0) is 56.2 Å². The number of para-hydroxylation sites is 1. The summed E-state index contributed by atoms with van der Waals surface area (Å²) in [5.41, 5.74) is 2.15. The maximum absolute atomic E-state index is 13.8. The molecule has 2 heterocycles. The van der Waals surface area contributed by atoms with Crippen LogP contribution in [0, 0.1) is 5.82 Å². The summed E-state index contributed by atoms with van der Waals surface area (Å²) in [7, 11) is 0. The normalized spacial score (nSPS) is 12.3. The number of halogens is 1. The first-order valence-corrected chi connectivity index (χ1v) is 11.8. The number of nitrogens with one attached hydrogen (secondary N) is 1. The molecule has 2 aromatic carbocycles. The van der Waals surface area contributed by atoms with E-state index in [9.17, 15) is 14.0 Å². The highest BCUT2D eigenvalue weighted by molar-refractivity contribution is 5.89. The van der Waals surface area contributed by atoms with Crippen molar-refractivity contribution >= 4 is 22.8 Å². The van der Waals surface area contributed by atoms with Crippen molar-refractivity contribution in [3.8, 4) is 0 Å². The molecule has 0 fully saturated rings. The quantitative estimate of drug-likeness (QED) is 0.384. The Labute approximate surface area is 209 Å². The molecule has 0 radical (unpaired) electrons. The molecule has 2 aromatic heterocycles. The number of fused-ring (bicyclic) bond motifs is 1. The Balaban J connectivity index is 1.74. The number of rotatable bonds is 9. The number of benzene rings is 2. The van der Waals surface area contributed by atoms with Crippen molar-refractivity contribution in [2.45, 2.75) is 51.9 Å². The molecule has 0 aliphatic carbocycles. The molecule has 0 aliphatic rings. The maximum Gasteiger partial charge on any atom is 0.247 e. The van der Waals surface area contributed by atoms with Crippen LogP contribution >= 0.6 is 0 Å². The van der Waals surface area contributed by atoms with Gasteiger partial charge in [-0.2, -0.15) is 0 Å². The molecule has 36 heavy (non-hydrogen) atoms. The molecule has 186 valence electrons. The van der Waals surface area contributed by atoms with E-state index in [1.165, 1.54) is 21.7 Å². The van der Waals surface area contributed by atoms with Gasteiger partial charge in [0, 0.05) is 30.0 Å². The number of hydrogen-bond donors (Lipinski definition) is 1. The summed E-state index contributed by atoms with van der Waals surface area (Å²) in [6, 6.07) is 15.8. The van der Waals surface area contributed by atoms with Gasteiger partial charge in [0.05, 0.1) is 5.52 Å². The minimum Gasteiger partial charge on any atom is -0.349 e. The first-order chi connectivity index (χ1) is 17.3. The Bertz CT molecular complexity index is 1340. The second-order valence-corrected chi connectivity index (χ2v) is 9.30. The molecule has 0 bridgehead atoms. The summed E-state index contributed by atoms with van der Waals surface area (Å²) in [5, 5.41) is 11.3. The molecule has 0 aliphatic heterocycles. The lowest BCUT2D eigenvalue weighted by Gasteiger charge is -2.34. The van der Waals surface area contributed by atoms with E-state index in [4.69, 9.17) is 0 Å². The summed E-state index contributed by atoms with van der Waals surface area (Å²) in [5.74, 6) is -1.04. The molecule has 4 rings (SSSR count). The molecule has 1 atom stereocenters. The van der Waals surface area contributed by atoms with E-state index >= 15 is 0 Å². The van der Waals surface area contributed by atoms with Crippen LogP contribution in [0.2, 0.25) is 0 Å². The fourth-order valence-corrected chi connectivity index (χ4v) is 3.86. The Hall–Kier alpha value is -4.14. The number of carbonyl (C=O) groups excluding carboxylic acids is 2. The third-order valence-corrected chi connectivity index (χ3v) is 6.20. The van der Waals surface area contributed by atoms with E-state index in [1.807, 2.05) is 45.0 Å². The van der Waals surface area contributed by atoms with Gasteiger partial charge in [-0.3, -0.25) is 14.6 Å². The molecule has 8 nitrogen and oxygen atoms in total. The average molecular weight is 489 g/mol. The third kappa shape index (κ3) is 5.73. The zero-order valence-electron chi connectivity index (χ0n) is 20.6. The van der Waals surface area contributed by atoms with Crippen molar-refractivity contribution in [2.75, 3.05) is 0 Å². The van der Waals surface area contributed by atoms with Gasteiger partial charge in [-0.1, -0.05) is 42.5 Å². The molecule has 0 saturated heterocycles. The van der Waals surface area contributed by atoms with Crippen LogP contribution in [0.15, 0.2) is 73.1 Å². The molecule has 2 amide bonds. The average Bonchev–Trinajstić information content (AvgIpc) is 3.28. The number of nitrogens with zero attached hydrogens (tertiary/aromatic N) is 5. The summed E-state index contributed by atoms with van der Waals surface area (Å²) >= 11 is 0. The van der Waals surface area contributed by atoms with E-state index in [1.54, 1.807) is 36.7 Å². The van der Waals surface area contributed by atoms with Gasteiger partial charge in [0.25, 0.3) is 0 Å². The van der Waals surface area contributed by atoms with Crippen LogP contribution in [0.1, 0.15) is 44.4 Å². The SMILES string of the molecule is CCC(C)(C)NC(=O)C(c1cccnc1)N(Cc1ccc(F)cc1)C(=O)Cn1nnc2ccccc21. The third-order valence-electron chi connectivity index (χ3n) is 6.20. The Morgan fingerprint density at radius 2 is 1.83 bits per heavy atom. The van der Waals surface area contributed by atoms with Crippen LogP contribution < -0.4 is 5.32 Å². The summed E-state index contributed by atoms with van der Waals surface area (Å²) in [6.07, 6.45) is 3.90. The molecular formula is C27H29FN6O2. The first kappa shape index (κ1) is 25.0. The van der Waals surface area contributed by atoms with Gasteiger partial charge >= 0.3 is 0 Å². The van der Waals surface area contributed by atoms with Crippen molar-refractivity contribution in [2.24, 2.45) is 0 Å². The predicted molar refractivity (Wildman–Crippen MR) is 134 cm³/mol. The minimum absolute atomic E-state index is 0.0886. The zero-order valence-corrected chi connectivity index (χ0v) is 20.6. The Morgan fingerprint density at radius 3 is 2.53 bits per heavy atom. The molecular weight excluding hydrogens is 459 g/mol. The van der Waals surface area contributed by atoms with Crippen LogP contribution in [0.5, 0.6) is 0 Å². The number of amides is 2. The fraction of sp³-hybridized carbons (Fsp3) is 0.296. The van der Waals surface area contributed by atoms with Crippen LogP contribution in [0.4, 0.5) is 4.39 Å². The number of hydrogen-bond acceptors (Lipinski definition) is 5. The summed E-state index contributed by atoms with van der Waals surface area (Å²) in [4.78, 5) is 33.2. The van der Waals surface area contributed by atoms with Crippen LogP contribution in [0.3, 0.4) is 0 Å². The van der Waals surface area contributed by atoms with Crippen molar-refractivity contribution < 1.29 is 14.0 Å². The minimum atomic E-state index is -0.961. The van der Waals surface area contributed by atoms with Crippen molar-refractivity contribution in [1.82, 2.24) is 30.2 Å². The van der Waals surface area contributed by atoms with Crippen LogP contribution in [-0.4, -0.2) is 42.2 Å². The fourth-order valence-electron chi connectivity index (χ4n) is 3.86. The first-order valence-electron chi connectivity index (χ1n) is 11.8. The van der Waals surface area contributed by atoms with Crippen molar-refractivity contribution in [3.63, 3.8) is 0 Å². The number of carbonyl (C=O) groups is 2. The van der Waals surface area contributed by atoms with E-state index in [0.29, 0.717) is 28.6 Å². The zero-order chi connectivity index (χ0) is 25.7.